The minimum atomic E-state index is -0.597. The van der Waals surface area contributed by atoms with Crippen LogP contribution in [0.15, 0.2) is 24.3 Å². The summed E-state index contributed by atoms with van der Waals surface area (Å²) in [4.78, 5) is 14.0. The first kappa shape index (κ1) is 15.0. The highest BCUT2D eigenvalue weighted by atomic mass is 16.3. The predicted octanol–water partition coefficient (Wildman–Crippen LogP) is 3.07. The summed E-state index contributed by atoms with van der Waals surface area (Å²) in [6.07, 6.45) is 1.93. The van der Waals surface area contributed by atoms with Gasteiger partial charge in [-0.2, -0.15) is 0 Å². The van der Waals surface area contributed by atoms with Crippen LogP contribution in [0.5, 0.6) is 0 Å². The van der Waals surface area contributed by atoms with Gasteiger partial charge in [0.15, 0.2) is 0 Å². The average Bonchev–Trinajstić information content (AvgIpc) is 2.52. The van der Waals surface area contributed by atoms with Gasteiger partial charge in [0.1, 0.15) is 0 Å². The molecule has 1 amide bonds. The van der Waals surface area contributed by atoms with Crippen molar-refractivity contribution in [3.8, 4) is 0 Å². The molecule has 1 fully saturated rings. The summed E-state index contributed by atoms with van der Waals surface area (Å²) in [7, 11) is 0. The second kappa shape index (κ2) is 5.96. The van der Waals surface area contributed by atoms with Gasteiger partial charge in [0.25, 0.3) is 0 Å². The number of nitrogens with zero attached hydrogens (tertiary/aromatic N) is 1. The standard InChI is InChI=1S/C17H25NO2/c1-13-4-6-14(7-5-13)15(19)12-18-11-10-17(2,3)9-8-16(18)20/h4-7,15,19H,8-12H2,1-3H3. The van der Waals surface area contributed by atoms with Crippen molar-refractivity contribution in [2.75, 3.05) is 13.1 Å². The molecule has 1 N–H and O–H groups in total. The highest BCUT2D eigenvalue weighted by molar-refractivity contribution is 5.76. The number of rotatable bonds is 3. The van der Waals surface area contributed by atoms with Gasteiger partial charge in [0, 0.05) is 13.0 Å². The molecule has 110 valence electrons. The quantitative estimate of drug-likeness (QED) is 0.921. The predicted molar refractivity (Wildman–Crippen MR) is 80.4 cm³/mol. The van der Waals surface area contributed by atoms with E-state index in [0.29, 0.717) is 13.0 Å². The molecule has 0 bridgehead atoms. The highest BCUT2D eigenvalue weighted by Crippen LogP contribution is 2.31. The minimum absolute atomic E-state index is 0.168. The van der Waals surface area contributed by atoms with Crippen LogP contribution in [0.1, 0.15) is 50.3 Å². The van der Waals surface area contributed by atoms with E-state index in [-0.39, 0.29) is 11.3 Å². The average molecular weight is 275 g/mol. The van der Waals surface area contributed by atoms with Gasteiger partial charge in [0.05, 0.1) is 12.6 Å². The van der Waals surface area contributed by atoms with E-state index in [1.807, 2.05) is 36.1 Å². The number of carbonyl (C=O) groups excluding carboxylic acids is 1. The fourth-order valence-electron chi connectivity index (χ4n) is 2.59. The van der Waals surface area contributed by atoms with Gasteiger partial charge in [-0.3, -0.25) is 4.79 Å². The number of hydrogen-bond acceptors (Lipinski definition) is 2. The van der Waals surface area contributed by atoms with Crippen molar-refractivity contribution in [1.29, 1.82) is 0 Å². The van der Waals surface area contributed by atoms with Crippen molar-refractivity contribution in [2.45, 2.75) is 46.1 Å². The molecule has 0 aromatic heterocycles. The summed E-state index contributed by atoms with van der Waals surface area (Å²) >= 11 is 0. The van der Waals surface area contributed by atoms with Crippen molar-refractivity contribution in [3.05, 3.63) is 35.4 Å². The van der Waals surface area contributed by atoms with E-state index in [1.165, 1.54) is 5.56 Å². The van der Waals surface area contributed by atoms with E-state index in [4.69, 9.17) is 0 Å². The molecule has 0 spiro atoms. The number of aryl methyl sites for hydroxylation is 1. The Morgan fingerprint density at radius 3 is 2.55 bits per heavy atom. The highest BCUT2D eigenvalue weighted by Gasteiger charge is 2.28. The van der Waals surface area contributed by atoms with Gasteiger partial charge in [-0.25, -0.2) is 0 Å². The molecular weight excluding hydrogens is 250 g/mol. The van der Waals surface area contributed by atoms with E-state index in [9.17, 15) is 9.90 Å². The van der Waals surface area contributed by atoms with Crippen molar-refractivity contribution >= 4 is 5.91 Å². The summed E-state index contributed by atoms with van der Waals surface area (Å²) < 4.78 is 0. The molecule has 20 heavy (non-hydrogen) atoms. The van der Waals surface area contributed by atoms with E-state index < -0.39 is 6.10 Å². The second-order valence-corrected chi connectivity index (χ2v) is 6.68. The fraction of sp³-hybridized carbons (Fsp3) is 0.588. The number of amides is 1. The molecule has 0 saturated carbocycles. The molecule has 1 unspecified atom stereocenters. The van der Waals surface area contributed by atoms with Gasteiger partial charge >= 0.3 is 0 Å². The summed E-state index contributed by atoms with van der Waals surface area (Å²) in [5.74, 6) is 0.168. The number of aliphatic hydroxyl groups excluding tert-OH is 1. The summed E-state index contributed by atoms with van der Waals surface area (Å²) in [5.41, 5.74) is 2.28. The third-order valence-electron chi connectivity index (χ3n) is 4.28. The number of likely N-dealkylation sites (tertiary alicyclic amines) is 1. The lowest BCUT2D eigenvalue weighted by Gasteiger charge is -2.25. The van der Waals surface area contributed by atoms with Crippen molar-refractivity contribution in [1.82, 2.24) is 4.90 Å². The second-order valence-electron chi connectivity index (χ2n) is 6.68. The van der Waals surface area contributed by atoms with Crippen LogP contribution >= 0.6 is 0 Å². The molecule has 1 aliphatic rings. The Kier molecular flexibility index (Phi) is 4.48. The summed E-state index contributed by atoms with van der Waals surface area (Å²) in [5, 5.41) is 10.3. The van der Waals surface area contributed by atoms with Gasteiger partial charge in [-0.15, -0.1) is 0 Å². The first-order valence-corrected chi connectivity index (χ1v) is 7.40. The maximum absolute atomic E-state index is 12.1. The van der Waals surface area contributed by atoms with Crippen LogP contribution in [0.2, 0.25) is 0 Å². The monoisotopic (exact) mass is 275 g/mol. The molecule has 3 nitrogen and oxygen atoms in total. The van der Waals surface area contributed by atoms with Gasteiger partial charge < -0.3 is 10.0 Å². The Balaban J connectivity index is 2.01. The van der Waals surface area contributed by atoms with Crippen LogP contribution in [0, 0.1) is 12.3 Å². The van der Waals surface area contributed by atoms with Crippen molar-refractivity contribution in [3.63, 3.8) is 0 Å². The molecule has 1 heterocycles. The molecule has 0 radical (unpaired) electrons. The lowest BCUT2D eigenvalue weighted by molar-refractivity contribution is -0.132. The fourth-order valence-corrected chi connectivity index (χ4v) is 2.59. The molecule has 1 saturated heterocycles. The number of β-amino-alcohol motifs (C(OH)–C–C–N with tert-alkyl or cyclic N) is 1. The Morgan fingerprint density at radius 2 is 1.90 bits per heavy atom. The Bertz CT molecular complexity index is 464. The number of carbonyl (C=O) groups is 1. The van der Waals surface area contributed by atoms with E-state index in [2.05, 4.69) is 13.8 Å². The lowest BCUT2D eigenvalue weighted by atomic mass is 9.85. The molecule has 1 atom stereocenters. The molecule has 2 rings (SSSR count). The first-order chi connectivity index (χ1) is 9.37. The maximum atomic E-state index is 12.1. The zero-order valence-electron chi connectivity index (χ0n) is 12.7. The molecule has 1 aliphatic heterocycles. The van der Waals surface area contributed by atoms with E-state index in [0.717, 1.165) is 24.9 Å². The number of aliphatic hydroxyl groups is 1. The van der Waals surface area contributed by atoms with Gasteiger partial charge in [0.2, 0.25) is 5.91 Å². The Morgan fingerprint density at radius 1 is 1.25 bits per heavy atom. The van der Waals surface area contributed by atoms with Crippen LogP contribution in [0.4, 0.5) is 0 Å². The molecule has 1 aromatic rings. The smallest absolute Gasteiger partial charge is 0.222 e. The number of hydrogen-bond donors (Lipinski definition) is 1. The summed E-state index contributed by atoms with van der Waals surface area (Å²) in [6.45, 7) is 7.59. The summed E-state index contributed by atoms with van der Waals surface area (Å²) in [6, 6.07) is 7.86. The van der Waals surface area contributed by atoms with Crippen LogP contribution in [-0.4, -0.2) is 29.0 Å². The van der Waals surface area contributed by atoms with Gasteiger partial charge in [-0.05, 0) is 30.7 Å². The van der Waals surface area contributed by atoms with Crippen LogP contribution in [0.3, 0.4) is 0 Å². The van der Waals surface area contributed by atoms with Crippen LogP contribution < -0.4 is 0 Å². The molecule has 3 heteroatoms. The third kappa shape index (κ3) is 3.83. The Labute approximate surface area is 121 Å². The molecule has 1 aromatic carbocycles. The zero-order valence-corrected chi connectivity index (χ0v) is 12.7. The molecular formula is C17H25NO2. The largest absolute Gasteiger partial charge is 0.387 e. The van der Waals surface area contributed by atoms with E-state index in [1.54, 1.807) is 0 Å². The minimum Gasteiger partial charge on any atom is -0.387 e. The first-order valence-electron chi connectivity index (χ1n) is 7.40. The maximum Gasteiger partial charge on any atom is 0.222 e. The number of benzene rings is 1. The lowest BCUT2D eigenvalue weighted by Crippen LogP contribution is -2.34. The van der Waals surface area contributed by atoms with Crippen molar-refractivity contribution < 1.29 is 9.90 Å². The topological polar surface area (TPSA) is 40.5 Å². The van der Waals surface area contributed by atoms with Crippen LogP contribution in [-0.2, 0) is 4.79 Å². The molecule has 0 aliphatic carbocycles. The van der Waals surface area contributed by atoms with E-state index >= 15 is 0 Å². The normalized spacial score (nSPS) is 20.6. The third-order valence-corrected chi connectivity index (χ3v) is 4.28. The SMILES string of the molecule is Cc1ccc(C(O)CN2CCC(C)(C)CCC2=O)cc1. The zero-order chi connectivity index (χ0) is 14.8. The van der Waals surface area contributed by atoms with Crippen molar-refractivity contribution in [2.24, 2.45) is 5.41 Å². The Hall–Kier alpha value is -1.35. The van der Waals surface area contributed by atoms with Crippen LogP contribution in [0.25, 0.3) is 0 Å². The van der Waals surface area contributed by atoms with Gasteiger partial charge in [-0.1, -0.05) is 43.7 Å².